The second-order valence-corrected chi connectivity index (χ2v) is 5.59. The molecule has 7 heteroatoms. The number of halogens is 2. The molecule has 0 spiro atoms. The molecule has 2 N–H and O–H groups in total. The second-order valence-electron chi connectivity index (χ2n) is 4.75. The summed E-state index contributed by atoms with van der Waals surface area (Å²) in [5.74, 6) is 0.698. The molecule has 0 aliphatic heterocycles. The van der Waals surface area contributed by atoms with E-state index in [0.717, 1.165) is 0 Å². The number of fused-ring (bicyclic) bond motifs is 1. The number of phenolic OH excluding ortho intramolecular Hbond substituents is 1. The van der Waals surface area contributed by atoms with Crippen molar-refractivity contribution in [1.82, 2.24) is 0 Å². The molecule has 0 amide bonds. The van der Waals surface area contributed by atoms with Crippen LogP contribution in [0.3, 0.4) is 0 Å². The van der Waals surface area contributed by atoms with E-state index in [2.05, 4.69) is 5.16 Å². The third kappa shape index (κ3) is 2.81. The molecular formula is C16H11Cl2NO4. The summed E-state index contributed by atoms with van der Waals surface area (Å²) < 4.78 is 10.9. The van der Waals surface area contributed by atoms with Crippen LogP contribution in [0.5, 0.6) is 11.5 Å². The van der Waals surface area contributed by atoms with E-state index in [0.29, 0.717) is 38.1 Å². The topological polar surface area (TPSA) is 75.2 Å². The predicted octanol–water partition coefficient (Wildman–Crippen LogP) is 4.41. The molecule has 0 aliphatic carbocycles. The SMILES string of the molecule is COc1cc(-c2c/c(=N\O)c3cc(Cl)cc(Cl)c3o2)ccc1O. The molecule has 1 aromatic heterocycles. The largest absolute Gasteiger partial charge is 0.504 e. The minimum absolute atomic E-state index is 0.00826. The Labute approximate surface area is 140 Å². The lowest BCUT2D eigenvalue weighted by Crippen LogP contribution is -2.03. The highest BCUT2D eigenvalue weighted by molar-refractivity contribution is 6.38. The number of methoxy groups -OCH3 is 1. The number of phenols is 1. The van der Waals surface area contributed by atoms with Gasteiger partial charge in [0.25, 0.3) is 0 Å². The van der Waals surface area contributed by atoms with Crippen LogP contribution in [0, 0.1) is 0 Å². The first-order valence-electron chi connectivity index (χ1n) is 6.52. The van der Waals surface area contributed by atoms with Crippen molar-refractivity contribution < 1.29 is 19.5 Å². The van der Waals surface area contributed by atoms with Gasteiger partial charge in [-0.25, -0.2) is 0 Å². The van der Waals surface area contributed by atoms with Crippen molar-refractivity contribution in [2.75, 3.05) is 7.11 Å². The van der Waals surface area contributed by atoms with Crippen LogP contribution in [0.25, 0.3) is 22.3 Å². The van der Waals surface area contributed by atoms with Crippen LogP contribution in [-0.4, -0.2) is 17.4 Å². The van der Waals surface area contributed by atoms with Crippen LogP contribution in [0.1, 0.15) is 0 Å². The fourth-order valence-electron chi connectivity index (χ4n) is 2.25. The Balaban J connectivity index is 2.32. The fraction of sp³-hybridized carbons (Fsp3) is 0.0625. The molecule has 23 heavy (non-hydrogen) atoms. The number of benzene rings is 2. The monoisotopic (exact) mass is 351 g/mol. The molecular weight excluding hydrogens is 341 g/mol. The van der Waals surface area contributed by atoms with E-state index in [1.807, 2.05) is 0 Å². The maximum absolute atomic E-state index is 9.68. The summed E-state index contributed by atoms with van der Waals surface area (Å²) in [6, 6.07) is 9.41. The van der Waals surface area contributed by atoms with Gasteiger partial charge in [-0.3, -0.25) is 0 Å². The Morgan fingerprint density at radius 2 is 1.91 bits per heavy atom. The maximum atomic E-state index is 9.68. The van der Waals surface area contributed by atoms with Crippen molar-refractivity contribution in [3.63, 3.8) is 0 Å². The Hall–Kier alpha value is -2.37. The van der Waals surface area contributed by atoms with Gasteiger partial charge in [-0.15, -0.1) is 0 Å². The minimum Gasteiger partial charge on any atom is -0.504 e. The lowest BCUT2D eigenvalue weighted by Gasteiger charge is -2.08. The highest BCUT2D eigenvalue weighted by atomic mass is 35.5. The van der Waals surface area contributed by atoms with E-state index in [1.165, 1.54) is 19.2 Å². The van der Waals surface area contributed by atoms with Gasteiger partial charge in [-0.2, -0.15) is 0 Å². The molecule has 0 fully saturated rings. The molecule has 3 aromatic rings. The number of nitrogens with zero attached hydrogens (tertiary/aromatic N) is 1. The summed E-state index contributed by atoms with van der Waals surface area (Å²) in [4.78, 5) is 0. The molecule has 118 valence electrons. The zero-order valence-corrected chi connectivity index (χ0v) is 13.4. The van der Waals surface area contributed by atoms with E-state index in [-0.39, 0.29) is 11.1 Å². The van der Waals surface area contributed by atoms with Gasteiger partial charge >= 0.3 is 0 Å². The Kier molecular flexibility index (Phi) is 4.07. The normalized spacial score (nSPS) is 11.9. The molecule has 0 radical (unpaired) electrons. The van der Waals surface area contributed by atoms with Gasteiger partial charge < -0.3 is 19.5 Å². The van der Waals surface area contributed by atoms with Gasteiger partial charge in [-0.05, 0) is 30.3 Å². The Bertz CT molecular complexity index is 966. The van der Waals surface area contributed by atoms with Crippen molar-refractivity contribution >= 4 is 34.2 Å². The van der Waals surface area contributed by atoms with Gasteiger partial charge in [0, 0.05) is 22.0 Å². The molecule has 0 saturated carbocycles. The lowest BCUT2D eigenvalue weighted by atomic mass is 10.1. The highest BCUT2D eigenvalue weighted by Crippen LogP contribution is 2.33. The van der Waals surface area contributed by atoms with Crippen LogP contribution in [0.4, 0.5) is 0 Å². The first kappa shape index (κ1) is 15.5. The summed E-state index contributed by atoms with van der Waals surface area (Å²) in [5.41, 5.74) is 0.964. The van der Waals surface area contributed by atoms with Gasteiger partial charge in [-0.1, -0.05) is 28.4 Å². The minimum atomic E-state index is 0.00826. The number of aromatic hydroxyl groups is 1. The first-order valence-corrected chi connectivity index (χ1v) is 7.27. The fourth-order valence-corrected chi connectivity index (χ4v) is 2.78. The average molecular weight is 352 g/mol. The van der Waals surface area contributed by atoms with Crippen molar-refractivity contribution in [2.45, 2.75) is 0 Å². The number of ether oxygens (including phenoxy) is 1. The lowest BCUT2D eigenvalue weighted by molar-refractivity contribution is 0.302. The summed E-state index contributed by atoms with van der Waals surface area (Å²) >= 11 is 12.1. The van der Waals surface area contributed by atoms with Crippen LogP contribution in [-0.2, 0) is 0 Å². The number of hydrogen-bond donors (Lipinski definition) is 2. The van der Waals surface area contributed by atoms with E-state index < -0.39 is 0 Å². The molecule has 2 aromatic carbocycles. The van der Waals surface area contributed by atoms with E-state index in [4.69, 9.17) is 32.4 Å². The van der Waals surface area contributed by atoms with Gasteiger partial charge in [0.05, 0.1) is 12.1 Å². The number of hydrogen-bond acceptors (Lipinski definition) is 5. The van der Waals surface area contributed by atoms with Crippen molar-refractivity contribution in [1.29, 1.82) is 0 Å². The van der Waals surface area contributed by atoms with Crippen molar-refractivity contribution in [3.05, 3.63) is 51.8 Å². The zero-order chi connectivity index (χ0) is 16.6. The quantitative estimate of drug-likeness (QED) is 0.529. The van der Waals surface area contributed by atoms with Crippen LogP contribution < -0.4 is 10.1 Å². The van der Waals surface area contributed by atoms with E-state index >= 15 is 0 Å². The zero-order valence-electron chi connectivity index (χ0n) is 11.9. The second kappa shape index (κ2) is 6.02. The highest BCUT2D eigenvalue weighted by Gasteiger charge is 2.12. The Morgan fingerprint density at radius 3 is 2.61 bits per heavy atom. The van der Waals surface area contributed by atoms with Gasteiger partial charge in [0.2, 0.25) is 0 Å². The van der Waals surface area contributed by atoms with Crippen molar-refractivity contribution in [2.24, 2.45) is 5.16 Å². The summed E-state index contributed by atoms with van der Waals surface area (Å²) in [6.45, 7) is 0. The van der Waals surface area contributed by atoms with Crippen LogP contribution in [0.2, 0.25) is 10.0 Å². The standard InChI is InChI=1S/C16H11Cl2NO4/c1-22-15-4-8(2-3-13(15)20)14-7-12(19-21)10-5-9(17)6-11(18)16(10)23-14/h2-7,20-21H,1H3/b19-12+. The first-order chi connectivity index (χ1) is 11.0. The molecule has 0 saturated heterocycles. The summed E-state index contributed by atoms with van der Waals surface area (Å²) in [6.07, 6.45) is 0. The predicted molar refractivity (Wildman–Crippen MR) is 87.2 cm³/mol. The molecule has 5 nitrogen and oxygen atoms in total. The van der Waals surface area contributed by atoms with E-state index in [1.54, 1.807) is 24.3 Å². The average Bonchev–Trinajstić information content (AvgIpc) is 2.54. The molecule has 0 bridgehead atoms. The van der Waals surface area contributed by atoms with E-state index in [9.17, 15) is 10.3 Å². The third-order valence-corrected chi connectivity index (χ3v) is 3.84. The van der Waals surface area contributed by atoms with Crippen molar-refractivity contribution in [3.8, 4) is 22.8 Å². The molecule has 3 rings (SSSR count). The molecule has 0 aliphatic rings. The summed E-state index contributed by atoms with van der Waals surface area (Å²) in [7, 11) is 1.45. The maximum Gasteiger partial charge on any atom is 0.161 e. The van der Waals surface area contributed by atoms with Crippen LogP contribution in [0.15, 0.2) is 46.0 Å². The molecule has 0 unspecified atom stereocenters. The molecule has 1 heterocycles. The smallest absolute Gasteiger partial charge is 0.161 e. The van der Waals surface area contributed by atoms with Crippen LogP contribution >= 0.6 is 23.2 Å². The summed E-state index contributed by atoms with van der Waals surface area (Å²) in [5, 5.41) is 23.7. The number of rotatable bonds is 2. The van der Waals surface area contributed by atoms with Gasteiger partial charge in [0.15, 0.2) is 17.1 Å². The molecule has 0 atom stereocenters. The third-order valence-electron chi connectivity index (χ3n) is 3.34. The van der Waals surface area contributed by atoms with Gasteiger partial charge in [0.1, 0.15) is 11.1 Å². The Morgan fingerprint density at radius 1 is 1.13 bits per heavy atom.